The average Bonchev–Trinajstić information content (AvgIpc) is 2.60. The number of rotatable bonds is 2. The minimum Gasteiger partial charge on any atom is -0.508 e. The van der Waals surface area contributed by atoms with Gasteiger partial charge in [-0.05, 0) is 36.2 Å². The van der Waals surface area contributed by atoms with Crippen molar-refractivity contribution in [1.82, 2.24) is 5.32 Å². The van der Waals surface area contributed by atoms with Gasteiger partial charge in [-0.25, -0.2) is 0 Å². The van der Waals surface area contributed by atoms with E-state index < -0.39 is 0 Å². The predicted molar refractivity (Wildman–Crippen MR) is 82.0 cm³/mol. The lowest BCUT2D eigenvalue weighted by atomic mass is 10.1. The summed E-state index contributed by atoms with van der Waals surface area (Å²) in [4.78, 5) is 14.4. The molecule has 0 spiro atoms. The number of carbonyl (C=O) groups is 1. The van der Waals surface area contributed by atoms with Crippen LogP contribution in [0.2, 0.25) is 0 Å². The van der Waals surface area contributed by atoms with Crippen LogP contribution in [0.4, 0.5) is 5.69 Å². The molecule has 21 heavy (non-hydrogen) atoms. The second-order valence-electron chi connectivity index (χ2n) is 5.33. The molecule has 4 heteroatoms. The number of hydrogen-bond acceptors (Lipinski definition) is 3. The quantitative estimate of drug-likeness (QED) is 0.889. The van der Waals surface area contributed by atoms with Crippen molar-refractivity contribution in [3.8, 4) is 5.75 Å². The molecule has 2 N–H and O–H groups in total. The molecule has 0 aliphatic carbocycles. The third-order valence-corrected chi connectivity index (χ3v) is 3.77. The molecule has 0 bridgehead atoms. The van der Waals surface area contributed by atoms with Crippen molar-refractivity contribution in [2.24, 2.45) is 0 Å². The van der Waals surface area contributed by atoms with Gasteiger partial charge in [-0.3, -0.25) is 4.79 Å². The minimum absolute atomic E-state index is 0.0447. The topological polar surface area (TPSA) is 52.6 Å². The Morgan fingerprint density at radius 2 is 2.05 bits per heavy atom. The monoisotopic (exact) mass is 282 g/mol. The van der Waals surface area contributed by atoms with Crippen molar-refractivity contribution in [3.05, 3.63) is 59.7 Å². The predicted octanol–water partition coefficient (Wildman–Crippen LogP) is 2.42. The van der Waals surface area contributed by atoms with E-state index >= 15 is 0 Å². The first-order valence-electron chi connectivity index (χ1n) is 7.06. The lowest BCUT2D eigenvalue weighted by Crippen LogP contribution is -2.42. The van der Waals surface area contributed by atoms with Crippen LogP contribution >= 0.6 is 0 Å². The number of carbonyl (C=O) groups excluding carboxylic acids is 1. The summed E-state index contributed by atoms with van der Waals surface area (Å²) < 4.78 is 0. The Labute approximate surface area is 124 Å². The van der Waals surface area contributed by atoms with E-state index in [0.29, 0.717) is 13.1 Å². The zero-order valence-corrected chi connectivity index (χ0v) is 11.9. The molecule has 1 amide bonds. The lowest BCUT2D eigenvalue weighted by Gasteiger charge is -2.24. The molecular weight excluding hydrogens is 264 g/mol. The first-order chi connectivity index (χ1) is 10.1. The van der Waals surface area contributed by atoms with Gasteiger partial charge in [0.2, 0.25) is 5.91 Å². The van der Waals surface area contributed by atoms with E-state index in [2.05, 4.69) is 5.32 Å². The summed E-state index contributed by atoms with van der Waals surface area (Å²) in [6.07, 6.45) is 0. The SMILES string of the molecule is CC1NCc2ccccc2N(Cc2cccc(O)c2)C1=O. The molecular formula is C17H18N2O2. The second-order valence-corrected chi connectivity index (χ2v) is 5.33. The van der Waals surface area contributed by atoms with E-state index in [9.17, 15) is 9.90 Å². The van der Waals surface area contributed by atoms with E-state index in [1.165, 1.54) is 0 Å². The van der Waals surface area contributed by atoms with Gasteiger partial charge in [-0.15, -0.1) is 0 Å². The van der Waals surface area contributed by atoms with Gasteiger partial charge in [0.25, 0.3) is 0 Å². The summed E-state index contributed by atoms with van der Waals surface area (Å²) >= 11 is 0. The maximum absolute atomic E-state index is 12.6. The third kappa shape index (κ3) is 2.76. The highest BCUT2D eigenvalue weighted by molar-refractivity contribution is 5.98. The van der Waals surface area contributed by atoms with Crippen LogP contribution in [0.5, 0.6) is 5.75 Å². The van der Waals surface area contributed by atoms with Gasteiger partial charge in [0.05, 0.1) is 12.6 Å². The van der Waals surface area contributed by atoms with Crippen molar-refractivity contribution in [2.45, 2.75) is 26.1 Å². The Morgan fingerprint density at radius 3 is 2.86 bits per heavy atom. The van der Waals surface area contributed by atoms with Crippen LogP contribution in [-0.4, -0.2) is 17.1 Å². The number of aromatic hydroxyl groups is 1. The Kier molecular flexibility index (Phi) is 3.62. The molecule has 1 aliphatic rings. The molecule has 108 valence electrons. The Morgan fingerprint density at radius 1 is 1.24 bits per heavy atom. The van der Waals surface area contributed by atoms with E-state index in [1.54, 1.807) is 23.1 Å². The van der Waals surface area contributed by atoms with Crippen molar-refractivity contribution >= 4 is 11.6 Å². The smallest absolute Gasteiger partial charge is 0.244 e. The molecule has 3 rings (SSSR count). The number of fused-ring (bicyclic) bond motifs is 1. The fourth-order valence-electron chi connectivity index (χ4n) is 2.63. The molecule has 1 atom stereocenters. The van der Waals surface area contributed by atoms with Crippen LogP contribution in [0.25, 0.3) is 0 Å². The zero-order chi connectivity index (χ0) is 14.8. The van der Waals surface area contributed by atoms with Crippen LogP contribution < -0.4 is 10.2 Å². The summed E-state index contributed by atoms with van der Waals surface area (Å²) in [6.45, 7) is 3.01. The molecule has 2 aromatic carbocycles. The average molecular weight is 282 g/mol. The number of phenolic OH excluding ortho intramolecular Hbond substituents is 1. The number of nitrogens with one attached hydrogen (secondary N) is 1. The Hall–Kier alpha value is -2.33. The molecule has 0 saturated heterocycles. The van der Waals surface area contributed by atoms with Crippen molar-refractivity contribution in [3.63, 3.8) is 0 Å². The van der Waals surface area contributed by atoms with Crippen LogP contribution in [-0.2, 0) is 17.9 Å². The second kappa shape index (κ2) is 5.58. The molecule has 4 nitrogen and oxygen atoms in total. The van der Waals surface area contributed by atoms with Crippen molar-refractivity contribution in [1.29, 1.82) is 0 Å². The van der Waals surface area contributed by atoms with Gasteiger partial charge in [0, 0.05) is 12.2 Å². The molecule has 1 heterocycles. The standard InChI is InChI=1S/C17H18N2O2/c1-12-17(21)19(11-13-5-4-7-15(20)9-13)16-8-3-2-6-14(16)10-18-12/h2-9,12,18,20H,10-11H2,1H3. The number of amides is 1. The van der Waals surface area contributed by atoms with E-state index in [0.717, 1.165) is 16.8 Å². The number of para-hydroxylation sites is 1. The summed E-state index contributed by atoms with van der Waals surface area (Å²) in [7, 11) is 0. The molecule has 2 aromatic rings. The van der Waals surface area contributed by atoms with Crippen LogP contribution in [0.1, 0.15) is 18.1 Å². The van der Waals surface area contributed by atoms with Crippen LogP contribution in [0, 0.1) is 0 Å². The summed E-state index contributed by atoms with van der Waals surface area (Å²) in [5.41, 5.74) is 2.95. The maximum atomic E-state index is 12.6. The molecule has 1 unspecified atom stereocenters. The first-order valence-corrected chi connectivity index (χ1v) is 7.06. The fourth-order valence-corrected chi connectivity index (χ4v) is 2.63. The highest BCUT2D eigenvalue weighted by Gasteiger charge is 2.26. The fraction of sp³-hybridized carbons (Fsp3) is 0.235. The minimum atomic E-state index is -0.227. The van der Waals surface area contributed by atoms with E-state index in [1.807, 2.05) is 37.3 Å². The van der Waals surface area contributed by atoms with E-state index in [4.69, 9.17) is 0 Å². The lowest BCUT2D eigenvalue weighted by molar-refractivity contribution is -0.120. The number of anilines is 1. The van der Waals surface area contributed by atoms with Crippen molar-refractivity contribution in [2.75, 3.05) is 4.90 Å². The molecule has 0 fully saturated rings. The van der Waals surface area contributed by atoms with Crippen molar-refractivity contribution < 1.29 is 9.90 Å². The van der Waals surface area contributed by atoms with Gasteiger partial charge in [0.15, 0.2) is 0 Å². The molecule has 0 aromatic heterocycles. The normalized spacial score (nSPS) is 18.2. The largest absolute Gasteiger partial charge is 0.508 e. The first kappa shape index (κ1) is 13.6. The van der Waals surface area contributed by atoms with Gasteiger partial charge in [-0.2, -0.15) is 0 Å². The van der Waals surface area contributed by atoms with Gasteiger partial charge in [-0.1, -0.05) is 30.3 Å². The number of phenols is 1. The molecule has 1 aliphatic heterocycles. The maximum Gasteiger partial charge on any atom is 0.244 e. The highest BCUT2D eigenvalue weighted by atomic mass is 16.3. The summed E-state index contributed by atoms with van der Waals surface area (Å²) in [5.74, 6) is 0.262. The van der Waals surface area contributed by atoms with Crippen LogP contribution in [0.15, 0.2) is 48.5 Å². The number of hydrogen-bond donors (Lipinski definition) is 2. The summed E-state index contributed by atoms with van der Waals surface area (Å²) in [6, 6.07) is 14.7. The van der Waals surface area contributed by atoms with Gasteiger partial charge in [0.1, 0.15) is 5.75 Å². The number of nitrogens with zero attached hydrogens (tertiary/aromatic N) is 1. The zero-order valence-electron chi connectivity index (χ0n) is 11.9. The van der Waals surface area contributed by atoms with E-state index in [-0.39, 0.29) is 17.7 Å². The van der Waals surface area contributed by atoms with Crippen LogP contribution in [0.3, 0.4) is 0 Å². The Balaban J connectivity index is 1.99. The van der Waals surface area contributed by atoms with Gasteiger partial charge >= 0.3 is 0 Å². The molecule has 0 saturated carbocycles. The number of benzene rings is 2. The van der Waals surface area contributed by atoms with Gasteiger partial charge < -0.3 is 15.3 Å². The highest BCUT2D eigenvalue weighted by Crippen LogP contribution is 2.26. The molecule has 0 radical (unpaired) electrons. The summed E-state index contributed by atoms with van der Waals surface area (Å²) in [5, 5.41) is 12.8. The third-order valence-electron chi connectivity index (χ3n) is 3.77. The Bertz CT molecular complexity index is 669.